The fraction of sp³-hybridized carbons (Fsp3) is 0.529. The summed E-state index contributed by atoms with van der Waals surface area (Å²) in [4.78, 5) is 25.7. The van der Waals surface area contributed by atoms with Crippen LogP contribution < -0.4 is 9.64 Å². The van der Waals surface area contributed by atoms with Gasteiger partial charge in [0.15, 0.2) is 0 Å². The van der Waals surface area contributed by atoms with Crippen molar-refractivity contribution in [3.8, 4) is 5.75 Å². The summed E-state index contributed by atoms with van der Waals surface area (Å²) in [6, 6.07) is 7.46. The number of carbonyl (C=O) groups is 2. The van der Waals surface area contributed by atoms with E-state index in [2.05, 4.69) is 0 Å². The van der Waals surface area contributed by atoms with Gasteiger partial charge in [-0.2, -0.15) is 0 Å². The third-order valence-electron chi connectivity index (χ3n) is 4.71. The summed E-state index contributed by atoms with van der Waals surface area (Å²) in [5.74, 6) is 0.242. The molecule has 2 aliphatic rings. The third kappa shape index (κ3) is 2.25. The van der Waals surface area contributed by atoms with Crippen molar-refractivity contribution in [2.24, 2.45) is 0 Å². The van der Waals surface area contributed by atoms with E-state index < -0.39 is 12.1 Å². The highest BCUT2D eigenvalue weighted by molar-refractivity contribution is 6.07. The van der Waals surface area contributed by atoms with E-state index in [0.29, 0.717) is 0 Å². The number of hydrogen-bond acceptors (Lipinski definition) is 4. The number of ether oxygens (including phenoxy) is 2. The topological polar surface area (TPSA) is 55.8 Å². The second kappa shape index (κ2) is 5.63. The lowest BCUT2D eigenvalue weighted by Crippen LogP contribution is -2.76. The van der Waals surface area contributed by atoms with Crippen molar-refractivity contribution in [3.05, 3.63) is 24.3 Å². The highest BCUT2D eigenvalue weighted by Crippen LogP contribution is 2.48. The molecule has 1 unspecified atom stereocenters. The molecule has 1 aliphatic heterocycles. The van der Waals surface area contributed by atoms with Crippen molar-refractivity contribution in [1.29, 1.82) is 0 Å². The maximum atomic E-state index is 12.5. The average molecular weight is 303 g/mol. The van der Waals surface area contributed by atoms with E-state index >= 15 is 0 Å². The summed E-state index contributed by atoms with van der Waals surface area (Å²) >= 11 is 0. The van der Waals surface area contributed by atoms with Gasteiger partial charge in [-0.1, -0.05) is 19.3 Å². The molecule has 1 atom stereocenters. The van der Waals surface area contributed by atoms with Crippen molar-refractivity contribution >= 4 is 17.6 Å². The van der Waals surface area contributed by atoms with Gasteiger partial charge >= 0.3 is 5.97 Å². The van der Waals surface area contributed by atoms with Crippen LogP contribution in [0, 0.1) is 0 Å². The number of anilines is 1. The lowest BCUT2D eigenvalue weighted by molar-refractivity contribution is -0.168. The van der Waals surface area contributed by atoms with E-state index in [-0.39, 0.29) is 11.4 Å². The van der Waals surface area contributed by atoms with Crippen molar-refractivity contribution in [2.45, 2.75) is 50.7 Å². The Kier molecular flexibility index (Phi) is 3.81. The maximum Gasteiger partial charge on any atom is 0.303 e. The van der Waals surface area contributed by atoms with Crippen LogP contribution in [0.25, 0.3) is 0 Å². The van der Waals surface area contributed by atoms with Crippen LogP contribution in [0.1, 0.15) is 39.0 Å². The zero-order valence-corrected chi connectivity index (χ0v) is 13.0. The third-order valence-corrected chi connectivity index (χ3v) is 4.71. The first kappa shape index (κ1) is 14.9. The van der Waals surface area contributed by atoms with Crippen LogP contribution in [0.2, 0.25) is 0 Å². The van der Waals surface area contributed by atoms with Crippen LogP contribution >= 0.6 is 0 Å². The van der Waals surface area contributed by atoms with Crippen LogP contribution in [0.4, 0.5) is 5.69 Å². The average Bonchev–Trinajstić information content (AvgIpc) is 2.54. The Balaban J connectivity index is 1.91. The maximum absolute atomic E-state index is 12.5. The molecule has 2 fully saturated rings. The van der Waals surface area contributed by atoms with E-state index in [0.717, 1.165) is 37.1 Å². The van der Waals surface area contributed by atoms with Crippen LogP contribution in [0.3, 0.4) is 0 Å². The molecule has 1 spiro atoms. The van der Waals surface area contributed by atoms with Gasteiger partial charge < -0.3 is 9.47 Å². The van der Waals surface area contributed by atoms with Crippen LogP contribution in [-0.2, 0) is 14.3 Å². The molecule has 22 heavy (non-hydrogen) atoms. The molecule has 1 amide bonds. The first-order valence-corrected chi connectivity index (χ1v) is 7.74. The molecule has 5 heteroatoms. The number of amides is 1. The van der Waals surface area contributed by atoms with Gasteiger partial charge in [0.2, 0.25) is 6.10 Å². The normalized spacial score (nSPS) is 23.1. The van der Waals surface area contributed by atoms with Crippen LogP contribution in [-0.4, -0.2) is 30.6 Å². The smallest absolute Gasteiger partial charge is 0.303 e. The van der Waals surface area contributed by atoms with Gasteiger partial charge in [0, 0.05) is 12.6 Å². The quantitative estimate of drug-likeness (QED) is 0.636. The largest absolute Gasteiger partial charge is 0.497 e. The van der Waals surface area contributed by atoms with Gasteiger partial charge in [0.25, 0.3) is 5.91 Å². The Labute approximate surface area is 130 Å². The van der Waals surface area contributed by atoms with Crippen LogP contribution in [0.5, 0.6) is 5.75 Å². The number of methoxy groups -OCH3 is 1. The summed E-state index contributed by atoms with van der Waals surface area (Å²) < 4.78 is 10.5. The van der Waals surface area contributed by atoms with Gasteiger partial charge in [-0.25, -0.2) is 0 Å². The second-order valence-corrected chi connectivity index (χ2v) is 6.03. The Hall–Kier alpha value is -2.04. The highest BCUT2D eigenvalue weighted by atomic mass is 16.6. The predicted octanol–water partition coefficient (Wildman–Crippen LogP) is 2.68. The molecule has 0 radical (unpaired) electrons. The number of β-lactam (4-membered cyclic amide) rings is 1. The Morgan fingerprint density at radius 2 is 1.82 bits per heavy atom. The highest BCUT2D eigenvalue weighted by Gasteiger charge is 2.62. The minimum absolute atomic E-state index is 0.123. The molecule has 1 saturated carbocycles. The fourth-order valence-corrected chi connectivity index (χ4v) is 3.71. The Morgan fingerprint density at radius 1 is 1.18 bits per heavy atom. The second-order valence-electron chi connectivity index (χ2n) is 6.03. The fourth-order valence-electron chi connectivity index (χ4n) is 3.71. The molecule has 0 bridgehead atoms. The van der Waals surface area contributed by atoms with E-state index in [1.807, 2.05) is 29.2 Å². The van der Waals surface area contributed by atoms with Crippen molar-refractivity contribution in [2.75, 3.05) is 12.0 Å². The molecule has 1 aromatic rings. The number of esters is 1. The summed E-state index contributed by atoms with van der Waals surface area (Å²) in [5, 5.41) is 0. The number of carbonyl (C=O) groups excluding carboxylic acids is 2. The molecule has 118 valence electrons. The standard InChI is InChI=1S/C17H21NO4/c1-12(19)22-15-16(20)18(17(15)10-4-3-5-11-17)13-6-8-14(21-2)9-7-13/h6-9,15H,3-5,10-11H2,1-2H3. The summed E-state index contributed by atoms with van der Waals surface area (Å²) in [6.07, 6.45) is 4.40. The Bertz CT molecular complexity index is 575. The minimum Gasteiger partial charge on any atom is -0.497 e. The first-order chi connectivity index (χ1) is 10.6. The van der Waals surface area contributed by atoms with Gasteiger partial charge in [0.1, 0.15) is 5.75 Å². The molecule has 5 nitrogen and oxygen atoms in total. The summed E-state index contributed by atoms with van der Waals surface area (Å²) in [5.41, 5.74) is 0.478. The SMILES string of the molecule is COc1ccc(N2C(=O)C(OC(C)=O)C23CCCCC3)cc1. The van der Waals surface area contributed by atoms with E-state index in [1.165, 1.54) is 13.3 Å². The van der Waals surface area contributed by atoms with Gasteiger partial charge in [-0.15, -0.1) is 0 Å². The molecular formula is C17H21NO4. The van der Waals surface area contributed by atoms with Crippen molar-refractivity contribution < 1.29 is 19.1 Å². The van der Waals surface area contributed by atoms with E-state index in [9.17, 15) is 9.59 Å². The predicted molar refractivity (Wildman–Crippen MR) is 81.9 cm³/mol. The molecule has 1 saturated heterocycles. The summed E-state index contributed by atoms with van der Waals surface area (Å²) in [6.45, 7) is 1.36. The lowest BCUT2D eigenvalue weighted by Gasteiger charge is -2.58. The van der Waals surface area contributed by atoms with Crippen molar-refractivity contribution in [3.63, 3.8) is 0 Å². The first-order valence-electron chi connectivity index (χ1n) is 7.74. The molecule has 3 rings (SSSR count). The Morgan fingerprint density at radius 3 is 2.36 bits per heavy atom. The molecule has 1 heterocycles. The number of hydrogen-bond donors (Lipinski definition) is 0. The zero-order valence-electron chi connectivity index (χ0n) is 13.0. The lowest BCUT2D eigenvalue weighted by atomic mass is 9.69. The van der Waals surface area contributed by atoms with E-state index in [4.69, 9.17) is 9.47 Å². The van der Waals surface area contributed by atoms with Crippen molar-refractivity contribution in [1.82, 2.24) is 0 Å². The minimum atomic E-state index is -0.632. The molecule has 1 aliphatic carbocycles. The number of benzene rings is 1. The zero-order chi connectivity index (χ0) is 15.7. The van der Waals surface area contributed by atoms with Gasteiger partial charge in [-0.05, 0) is 37.1 Å². The monoisotopic (exact) mass is 303 g/mol. The molecule has 0 aromatic heterocycles. The molecule has 1 aromatic carbocycles. The molecule has 0 N–H and O–H groups in total. The van der Waals surface area contributed by atoms with Crippen LogP contribution in [0.15, 0.2) is 24.3 Å². The number of nitrogens with zero attached hydrogens (tertiary/aromatic N) is 1. The molecular weight excluding hydrogens is 282 g/mol. The van der Waals surface area contributed by atoms with Gasteiger partial charge in [0.05, 0.1) is 12.6 Å². The van der Waals surface area contributed by atoms with Gasteiger partial charge in [-0.3, -0.25) is 14.5 Å². The number of rotatable bonds is 3. The van der Waals surface area contributed by atoms with E-state index in [1.54, 1.807) is 7.11 Å². The summed E-state index contributed by atoms with van der Waals surface area (Å²) in [7, 11) is 1.61.